The quantitative estimate of drug-likeness (QED) is 0.442. The number of hydrogen-bond acceptors (Lipinski definition) is 3. The molecule has 0 spiro atoms. The Morgan fingerprint density at radius 2 is 2.25 bits per heavy atom. The van der Waals surface area contributed by atoms with Crippen LogP contribution in [0.15, 0.2) is 12.7 Å². The highest BCUT2D eigenvalue weighted by Gasteiger charge is 2.13. The van der Waals surface area contributed by atoms with Crippen molar-refractivity contribution in [1.82, 2.24) is 0 Å². The summed E-state index contributed by atoms with van der Waals surface area (Å²) in [6.07, 6.45) is 1.48. The van der Waals surface area contributed by atoms with E-state index in [2.05, 4.69) is 6.58 Å². The van der Waals surface area contributed by atoms with Crippen molar-refractivity contribution in [3.8, 4) is 0 Å². The Morgan fingerprint density at radius 1 is 1.75 bits per heavy atom. The summed E-state index contributed by atoms with van der Waals surface area (Å²) in [7, 11) is -1.19. The predicted molar refractivity (Wildman–Crippen MR) is 49.4 cm³/mol. The molecule has 0 aliphatic carbocycles. The first-order chi connectivity index (χ1) is 5.07. The summed E-state index contributed by atoms with van der Waals surface area (Å²) in [5.74, 6) is -0.843. The van der Waals surface area contributed by atoms with Gasteiger partial charge in [0.1, 0.15) is 6.04 Å². The first-order valence-corrected chi connectivity index (χ1v) is 4.51. The molecule has 3 N–H and O–H groups in total. The number of carbonyl (C=O) groups is 1. The van der Waals surface area contributed by atoms with Crippen LogP contribution in [0.5, 0.6) is 0 Å². The van der Waals surface area contributed by atoms with Crippen molar-refractivity contribution in [1.29, 1.82) is 0 Å². The van der Waals surface area contributed by atoms with Gasteiger partial charge in [-0.1, -0.05) is 6.08 Å². The number of hydrogen-bond donors (Lipinski definition) is 2. The van der Waals surface area contributed by atoms with E-state index >= 15 is 0 Å². The Morgan fingerprint density at radius 3 is 2.58 bits per heavy atom. The summed E-state index contributed by atoms with van der Waals surface area (Å²) in [6.45, 7) is 3.37. The lowest BCUT2D eigenvalue weighted by atomic mass is 10.4. The summed E-state index contributed by atoms with van der Waals surface area (Å²) in [5.41, 5.74) is 5.12. The van der Waals surface area contributed by atoms with E-state index in [1.165, 1.54) is 6.08 Å². The van der Waals surface area contributed by atoms with Gasteiger partial charge in [0.05, 0.1) is 0 Å². The van der Waals surface area contributed by atoms with E-state index in [9.17, 15) is 9.00 Å². The van der Waals surface area contributed by atoms with Crippen LogP contribution in [-0.4, -0.2) is 50.2 Å². The van der Waals surface area contributed by atoms with Crippen molar-refractivity contribution in [3.05, 3.63) is 12.7 Å². The number of nitrogens with two attached hydrogens (primary N) is 1. The minimum atomic E-state index is -1.19. The van der Waals surface area contributed by atoms with Crippen LogP contribution in [0.1, 0.15) is 0 Å². The standard InChI is InChI=1S/C6H11NO3S.Al/c1-2-3-11(10)4-5(7)6(8)9;/h2,5H,1,3-4,7H2,(H,8,9);/t5-,11?;/m0./s1. The second-order valence-electron chi connectivity index (χ2n) is 2.01. The van der Waals surface area contributed by atoms with Gasteiger partial charge in [-0.25, -0.2) is 0 Å². The van der Waals surface area contributed by atoms with E-state index in [0.29, 0.717) is 5.75 Å². The topological polar surface area (TPSA) is 80.4 Å². The molecule has 0 aliphatic heterocycles. The third-order valence-corrected chi connectivity index (χ3v) is 2.32. The van der Waals surface area contributed by atoms with Gasteiger partial charge < -0.3 is 10.8 Å². The molecule has 0 aromatic rings. The molecule has 12 heavy (non-hydrogen) atoms. The molecule has 0 bridgehead atoms. The molecule has 1 unspecified atom stereocenters. The second-order valence-corrected chi connectivity index (χ2v) is 3.55. The zero-order chi connectivity index (χ0) is 8.85. The third-order valence-electron chi connectivity index (χ3n) is 0.986. The average molecular weight is 204 g/mol. The largest absolute Gasteiger partial charge is 0.480 e. The smallest absolute Gasteiger partial charge is 0.321 e. The van der Waals surface area contributed by atoms with Gasteiger partial charge in [0, 0.05) is 39.7 Å². The van der Waals surface area contributed by atoms with Crippen molar-refractivity contribution >= 4 is 34.1 Å². The predicted octanol–water partition coefficient (Wildman–Crippen LogP) is -1.05. The van der Waals surface area contributed by atoms with Crippen LogP contribution in [0.2, 0.25) is 0 Å². The lowest BCUT2D eigenvalue weighted by Crippen LogP contribution is -2.35. The molecule has 0 saturated heterocycles. The van der Waals surface area contributed by atoms with E-state index in [-0.39, 0.29) is 23.1 Å². The molecule has 0 rings (SSSR count). The molecular weight excluding hydrogens is 193 g/mol. The number of carboxylic acids is 1. The number of carboxylic acid groups (broad SMARTS) is 1. The third kappa shape index (κ3) is 6.56. The van der Waals surface area contributed by atoms with Gasteiger partial charge in [-0.2, -0.15) is 0 Å². The molecule has 4 nitrogen and oxygen atoms in total. The fourth-order valence-corrected chi connectivity index (χ4v) is 1.41. The van der Waals surface area contributed by atoms with Crippen molar-refractivity contribution in [2.45, 2.75) is 6.04 Å². The van der Waals surface area contributed by atoms with Crippen LogP contribution in [0.3, 0.4) is 0 Å². The van der Waals surface area contributed by atoms with Crippen molar-refractivity contribution in [2.24, 2.45) is 5.73 Å². The molecule has 0 aliphatic rings. The maximum Gasteiger partial charge on any atom is 0.321 e. The molecular formula is C6H11AlNO3S. The van der Waals surface area contributed by atoms with Crippen molar-refractivity contribution < 1.29 is 14.1 Å². The van der Waals surface area contributed by atoms with Gasteiger partial charge in [-0.3, -0.25) is 9.00 Å². The van der Waals surface area contributed by atoms with E-state index < -0.39 is 22.8 Å². The number of rotatable bonds is 5. The Bertz CT molecular complexity index is 186. The Balaban J connectivity index is 0. The molecule has 0 aromatic carbocycles. The lowest BCUT2D eigenvalue weighted by molar-refractivity contribution is -0.137. The van der Waals surface area contributed by atoms with Crippen LogP contribution in [0, 0.1) is 0 Å². The molecule has 3 radical (unpaired) electrons. The van der Waals surface area contributed by atoms with E-state index in [0.717, 1.165) is 0 Å². The second kappa shape index (κ2) is 7.50. The van der Waals surface area contributed by atoms with Crippen LogP contribution in [-0.2, 0) is 15.6 Å². The first-order valence-electron chi connectivity index (χ1n) is 3.02. The molecule has 0 heterocycles. The van der Waals surface area contributed by atoms with E-state index in [4.69, 9.17) is 10.8 Å². The minimum absolute atomic E-state index is 0. The highest BCUT2D eigenvalue weighted by atomic mass is 32.2. The van der Waals surface area contributed by atoms with Gasteiger partial charge in [0.15, 0.2) is 0 Å². The Labute approximate surface area is 84.4 Å². The molecule has 0 fully saturated rings. The van der Waals surface area contributed by atoms with Crippen LogP contribution < -0.4 is 5.73 Å². The maximum absolute atomic E-state index is 10.9. The molecule has 0 saturated carbocycles. The van der Waals surface area contributed by atoms with Crippen LogP contribution in [0.25, 0.3) is 0 Å². The number of aliphatic carboxylic acids is 1. The van der Waals surface area contributed by atoms with Gasteiger partial charge in [-0.15, -0.1) is 6.58 Å². The summed E-state index contributed by atoms with van der Waals surface area (Å²) in [6, 6.07) is -1.03. The average Bonchev–Trinajstić information content (AvgIpc) is 1.87. The fraction of sp³-hybridized carbons (Fsp3) is 0.500. The maximum atomic E-state index is 10.9. The summed E-state index contributed by atoms with van der Waals surface area (Å²) >= 11 is 0. The van der Waals surface area contributed by atoms with E-state index in [1.54, 1.807) is 0 Å². The zero-order valence-corrected chi connectivity index (χ0v) is 8.57. The normalized spacial score (nSPS) is 14.1. The lowest BCUT2D eigenvalue weighted by Gasteiger charge is -2.03. The van der Waals surface area contributed by atoms with E-state index in [1.807, 2.05) is 0 Å². The van der Waals surface area contributed by atoms with Crippen molar-refractivity contribution in [2.75, 3.05) is 11.5 Å². The van der Waals surface area contributed by atoms with Gasteiger partial charge >= 0.3 is 5.97 Å². The Hall–Kier alpha value is -0.148. The molecule has 2 atom stereocenters. The van der Waals surface area contributed by atoms with Crippen LogP contribution in [0.4, 0.5) is 0 Å². The first kappa shape index (κ1) is 14.4. The monoisotopic (exact) mass is 204 g/mol. The summed E-state index contributed by atoms with van der Waals surface area (Å²) < 4.78 is 10.9. The fourth-order valence-electron chi connectivity index (χ4n) is 0.471. The summed E-state index contributed by atoms with van der Waals surface area (Å²) in [5, 5.41) is 8.31. The van der Waals surface area contributed by atoms with Gasteiger partial charge in [0.25, 0.3) is 0 Å². The van der Waals surface area contributed by atoms with Gasteiger partial charge in [0.2, 0.25) is 0 Å². The molecule has 67 valence electrons. The highest BCUT2D eigenvalue weighted by Crippen LogP contribution is 1.87. The molecule has 0 amide bonds. The molecule has 0 aromatic heterocycles. The van der Waals surface area contributed by atoms with Gasteiger partial charge in [-0.05, 0) is 0 Å². The highest BCUT2D eigenvalue weighted by molar-refractivity contribution is 7.85. The zero-order valence-electron chi connectivity index (χ0n) is 6.60. The SMILES string of the molecule is C=CCS(=O)C[C@H](N)C(=O)O.[Al]. The molecule has 6 heteroatoms. The Kier molecular flexibility index (Phi) is 8.99. The minimum Gasteiger partial charge on any atom is -0.480 e. The van der Waals surface area contributed by atoms with Crippen molar-refractivity contribution in [3.63, 3.8) is 0 Å². The van der Waals surface area contributed by atoms with Crippen LogP contribution >= 0.6 is 0 Å². The summed E-state index contributed by atoms with van der Waals surface area (Å²) in [4.78, 5) is 10.2.